The van der Waals surface area contributed by atoms with E-state index in [9.17, 15) is 23.2 Å². The molecule has 0 unspecified atom stereocenters. The Hall–Kier alpha value is -1.83. The number of aromatic nitrogens is 2. The molecule has 0 aromatic carbocycles. The molecule has 1 saturated heterocycles. The van der Waals surface area contributed by atoms with Crippen molar-refractivity contribution in [2.45, 2.75) is 51.2 Å². The molecule has 0 aliphatic carbocycles. The zero-order valence-electron chi connectivity index (χ0n) is 13.9. The van der Waals surface area contributed by atoms with Gasteiger partial charge in [-0.3, -0.25) is 14.2 Å². The maximum Gasteiger partial charge on any atom is 0.351 e. The fraction of sp³-hybridized carbons (Fsp3) is 0.571. The van der Waals surface area contributed by atoms with Crippen molar-refractivity contribution in [1.29, 1.82) is 0 Å². The van der Waals surface area contributed by atoms with Gasteiger partial charge in [-0.05, 0) is 29.5 Å². The number of hydrogen-bond donors (Lipinski definition) is 1. The molecule has 0 spiro atoms. The van der Waals surface area contributed by atoms with Crippen LogP contribution >= 0.6 is 22.6 Å². The van der Waals surface area contributed by atoms with Crippen molar-refractivity contribution in [3.63, 3.8) is 0 Å². The lowest BCUT2D eigenvalue weighted by molar-refractivity contribution is -0.176. The summed E-state index contributed by atoms with van der Waals surface area (Å²) in [7, 11) is 0. The number of nitrogen functional groups attached to an aromatic ring is 1. The highest BCUT2D eigenvalue weighted by atomic mass is 127. The van der Waals surface area contributed by atoms with Gasteiger partial charge in [0.15, 0.2) is 6.10 Å². The van der Waals surface area contributed by atoms with Crippen LogP contribution in [0.25, 0.3) is 0 Å². The van der Waals surface area contributed by atoms with Crippen LogP contribution in [0.3, 0.4) is 0 Å². The van der Waals surface area contributed by atoms with Gasteiger partial charge in [-0.2, -0.15) is 13.8 Å². The van der Waals surface area contributed by atoms with Gasteiger partial charge in [0.1, 0.15) is 18.0 Å². The van der Waals surface area contributed by atoms with Gasteiger partial charge >= 0.3 is 23.6 Å². The molecule has 2 N–H and O–H groups in total. The first-order valence-corrected chi connectivity index (χ1v) is 8.45. The predicted octanol–water partition coefficient (Wildman–Crippen LogP) is 0.846. The molecule has 2 heterocycles. The fourth-order valence-electron chi connectivity index (χ4n) is 2.56. The van der Waals surface area contributed by atoms with Gasteiger partial charge in [0.05, 0.1) is 3.57 Å². The Morgan fingerprint density at radius 1 is 1.42 bits per heavy atom. The van der Waals surface area contributed by atoms with E-state index in [0.29, 0.717) is 4.57 Å². The van der Waals surface area contributed by atoms with E-state index in [0.717, 1.165) is 20.0 Å². The van der Waals surface area contributed by atoms with Gasteiger partial charge in [0.25, 0.3) is 0 Å². The Morgan fingerprint density at radius 2 is 2.04 bits per heavy atom. The highest BCUT2D eigenvalue weighted by Crippen LogP contribution is 2.45. The first-order chi connectivity index (χ1) is 11.9. The highest BCUT2D eigenvalue weighted by Gasteiger charge is 2.64. The van der Waals surface area contributed by atoms with E-state index in [-0.39, 0.29) is 9.39 Å². The molecule has 1 aliphatic rings. The molecule has 0 amide bonds. The van der Waals surface area contributed by atoms with Crippen molar-refractivity contribution < 1.29 is 32.6 Å². The molecule has 1 aromatic rings. The van der Waals surface area contributed by atoms with E-state index in [4.69, 9.17) is 19.9 Å². The lowest BCUT2D eigenvalue weighted by Gasteiger charge is -2.25. The average molecular weight is 487 g/mol. The minimum Gasteiger partial charge on any atom is -0.460 e. The molecule has 26 heavy (non-hydrogen) atoms. The molecule has 4 atom stereocenters. The van der Waals surface area contributed by atoms with E-state index in [1.807, 2.05) is 0 Å². The minimum absolute atomic E-state index is 0.116. The summed E-state index contributed by atoms with van der Waals surface area (Å²) in [4.78, 5) is 37.9. The summed E-state index contributed by atoms with van der Waals surface area (Å²) in [5.74, 6) is -5.61. The van der Waals surface area contributed by atoms with E-state index in [2.05, 4.69) is 4.98 Å². The Labute approximate surface area is 159 Å². The van der Waals surface area contributed by atoms with Crippen LogP contribution in [0.2, 0.25) is 0 Å². The SMILES string of the molecule is CC(=O)O[C@@H]1[C@@H]([C@@H](C)OC(C)=O)O[C@@H](n2cc(I)c(N)nc2=O)C1(F)F. The Bertz CT molecular complexity index is 786. The normalized spacial score (nSPS) is 25.5. The van der Waals surface area contributed by atoms with Gasteiger partial charge in [-0.15, -0.1) is 0 Å². The van der Waals surface area contributed by atoms with E-state index in [1.54, 1.807) is 22.6 Å². The summed E-state index contributed by atoms with van der Waals surface area (Å²) in [6, 6.07) is 0. The number of carbonyl (C=O) groups excluding carboxylic acids is 2. The number of ether oxygens (including phenoxy) is 3. The van der Waals surface area contributed by atoms with Crippen LogP contribution in [0.4, 0.5) is 14.6 Å². The molecule has 0 saturated carbocycles. The molecule has 0 radical (unpaired) electrons. The maximum absolute atomic E-state index is 14.9. The molecule has 1 aliphatic heterocycles. The Balaban J connectivity index is 2.48. The molecule has 12 heteroatoms. The van der Waals surface area contributed by atoms with Gasteiger partial charge < -0.3 is 19.9 Å². The van der Waals surface area contributed by atoms with Crippen molar-refractivity contribution in [3.05, 3.63) is 20.3 Å². The number of nitrogens with two attached hydrogens (primary N) is 1. The molecular formula is C14H16F2IN3O6. The third-order valence-corrected chi connectivity index (χ3v) is 4.42. The Kier molecular flexibility index (Phi) is 5.85. The molecule has 2 rings (SSSR count). The summed E-state index contributed by atoms with van der Waals surface area (Å²) in [6.45, 7) is 3.37. The standard InChI is InChI=1S/C14H16F2IN3O6/c1-5(24-6(2)21)9-10(25-7(3)22)14(15,16)12(26-9)20-4-8(17)11(18)19-13(20)23/h4-5,9-10,12H,1-3H3,(H2,18,19,23)/t5-,9-,10-,12-/m1/s1. The summed E-state index contributed by atoms with van der Waals surface area (Å²) in [5, 5.41) is 0. The topological polar surface area (TPSA) is 123 Å². The highest BCUT2D eigenvalue weighted by molar-refractivity contribution is 14.1. The van der Waals surface area contributed by atoms with Crippen LogP contribution in [-0.4, -0.2) is 45.7 Å². The maximum atomic E-state index is 14.9. The molecular weight excluding hydrogens is 471 g/mol. The van der Waals surface area contributed by atoms with Crippen LogP contribution in [0.1, 0.15) is 27.0 Å². The monoisotopic (exact) mass is 487 g/mol. The number of carbonyl (C=O) groups is 2. The molecule has 1 fully saturated rings. The van der Waals surface area contributed by atoms with Gasteiger partial charge in [0, 0.05) is 20.0 Å². The summed E-state index contributed by atoms with van der Waals surface area (Å²) >= 11 is 1.72. The second-order valence-corrected chi connectivity index (χ2v) is 6.80. The van der Waals surface area contributed by atoms with Crippen molar-refractivity contribution in [1.82, 2.24) is 9.55 Å². The lowest BCUT2D eigenvalue weighted by atomic mass is 10.1. The number of anilines is 1. The van der Waals surface area contributed by atoms with Crippen molar-refractivity contribution in [2.75, 3.05) is 5.73 Å². The van der Waals surface area contributed by atoms with Crippen LogP contribution in [-0.2, 0) is 23.8 Å². The number of alkyl halides is 2. The molecule has 0 bridgehead atoms. The second-order valence-electron chi connectivity index (χ2n) is 5.64. The lowest BCUT2D eigenvalue weighted by Crippen LogP contribution is -2.46. The van der Waals surface area contributed by atoms with Gasteiger partial charge in [-0.1, -0.05) is 0 Å². The minimum atomic E-state index is -3.80. The smallest absolute Gasteiger partial charge is 0.351 e. The number of nitrogens with zero attached hydrogens (tertiary/aromatic N) is 2. The summed E-state index contributed by atoms with van der Waals surface area (Å²) < 4.78 is 45.5. The Morgan fingerprint density at radius 3 is 2.58 bits per heavy atom. The van der Waals surface area contributed by atoms with Crippen LogP contribution in [0, 0.1) is 3.57 Å². The van der Waals surface area contributed by atoms with Crippen LogP contribution in [0.5, 0.6) is 0 Å². The largest absolute Gasteiger partial charge is 0.460 e. The third-order valence-electron chi connectivity index (χ3n) is 3.59. The van der Waals surface area contributed by atoms with Crippen molar-refractivity contribution >= 4 is 40.3 Å². The number of hydrogen-bond acceptors (Lipinski definition) is 8. The first kappa shape index (κ1) is 20.5. The predicted molar refractivity (Wildman–Crippen MR) is 91.3 cm³/mol. The van der Waals surface area contributed by atoms with E-state index >= 15 is 0 Å². The van der Waals surface area contributed by atoms with Crippen molar-refractivity contribution in [2.24, 2.45) is 0 Å². The third kappa shape index (κ3) is 3.95. The van der Waals surface area contributed by atoms with Crippen molar-refractivity contribution in [3.8, 4) is 0 Å². The first-order valence-electron chi connectivity index (χ1n) is 7.37. The number of rotatable bonds is 4. The van der Waals surface area contributed by atoms with Crippen LogP contribution in [0.15, 0.2) is 11.0 Å². The number of halogens is 3. The molecule has 1 aromatic heterocycles. The summed E-state index contributed by atoms with van der Waals surface area (Å²) in [6.07, 6.45) is -5.78. The fourth-order valence-corrected chi connectivity index (χ4v) is 2.98. The molecule has 144 valence electrons. The van der Waals surface area contributed by atoms with Gasteiger partial charge in [-0.25, -0.2) is 4.79 Å². The zero-order chi connectivity index (χ0) is 19.8. The second kappa shape index (κ2) is 7.42. The number of esters is 2. The quantitative estimate of drug-likeness (QED) is 0.490. The van der Waals surface area contributed by atoms with E-state index in [1.165, 1.54) is 6.92 Å². The zero-order valence-corrected chi connectivity index (χ0v) is 16.1. The van der Waals surface area contributed by atoms with Crippen LogP contribution < -0.4 is 11.4 Å². The average Bonchev–Trinajstić information content (AvgIpc) is 2.74. The van der Waals surface area contributed by atoms with E-state index < -0.39 is 48.1 Å². The van der Waals surface area contributed by atoms with Gasteiger partial charge in [0.2, 0.25) is 6.23 Å². The summed E-state index contributed by atoms with van der Waals surface area (Å²) in [5.41, 5.74) is 4.43. The molecule has 9 nitrogen and oxygen atoms in total.